The van der Waals surface area contributed by atoms with Crippen molar-refractivity contribution in [2.24, 2.45) is 13.0 Å². The molecule has 3 aromatic rings. The van der Waals surface area contributed by atoms with Crippen molar-refractivity contribution < 1.29 is 13.6 Å². The van der Waals surface area contributed by atoms with Crippen molar-refractivity contribution in [3.63, 3.8) is 0 Å². The first kappa shape index (κ1) is 19.8. The summed E-state index contributed by atoms with van der Waals surface area (Å²) in [5.74, 6) is 0.113. The highest BCUT2D eigenvalue weighted by molar-refractivity contribution is 6.08. The third-order valence-corrected chi connectivity index (χ3v) is 6.06. The van der Waals surface area contributed by atoms with Crippen molar-refractivity contribution >= 4 is 16.7 Å². The largest absolute Gasteiger partial charge is 0.350 e. The maximum atomic E-state index is 13.6. The number of hydrogen-bond acceptors (Lipinski definition) is 2. The number of aromatic nitrogens is 1. The van der Waals surface area contributed by atoms with Gasteiger partial charge >= 0.3 is 0 Å². The molecule has 152 valence electrons. The minimum atomic E-state index is -0.314. The molecule has 1 aliphatic heterocycles. The Labute approximate surface area is 169 Å². The van der Waals surface area contributed by atoms with E-state index >= 15 is 0 Å². The zero-order valence-corrected chi connectivity index (χ0v) is 16.7. The summed E-state index contributed by atoms with van der Waals surface area (Å²) in [4.78, 5) is 15.2. The van der Waals surface area contributed by atoms with E-state index in [1.54, 1.807) is 6.07 Å². The molecule has 3 nitrogen and oxygen atoms in total. The Morgan fingerprint density at radius 1 is 1.03 bits per heavy atom. The van der Waals surface area contributed by atoms with E-state index in [0.29, 0.717) is 23.3 Å². The second-order valence-electron chi connectivity index (χ2n) is 8.12. The maximum Gasteiger partial charge on any atom is 0.165 e. The predicted octanol–water partition coefficient (Wildman–Crippen LogP) is 5.33. The molecule has 0 spiro atoms. The molecule has 0 radical (unpaired) electrons. The molecular weight excluding hydrogens is 370 g/mol. The van der Waals surface area contributed by atoms with E-state index < -0.39 is 0 Å². The average molecular weight is 396 g/mol. The van der Waals surface area contributed by atoms with Gasteiger partial charge < -0.3 is 4.57 Å². The Kier molecular flexibility index (Phi) is 5.76. The number of nitrogens with zero attached hydrogens (tertiary/aromatic N) is 2. The molecule has 0 aliphatic carbocycles. The topological polar surface area (TPSA) is 25.2 Å². The number of ketones is 1. The molecule has 0 amide bonds. The number of piperidine rings is 1. The van der Waals surface area contributed by atoms with Crippen molar-refractivity contribution in [3.8, 4) is 0 Å². The molecule has 5 heteroatoms. The molecular formula is C24H26F2N2O. The van der Waals surface area contributed by atoms with Crippen LogP contribution >= 0.6 is 0 Å². The third-order valence-electron chi connectivity index (χ3n) is 6.06. The molecule has 0 N–H and O–H groups in total. The van der Waals surface area contributed by atoms with E-state index in [9.17, 15) is 13.6 Å². The van der Waals surface area contributed by atoms with Crippen molar-refractivity contribution in [2.75, 3.05) is 13.1 Å². The summed E-state index contributed by atoms with van der Waals surface area (Å²) in [7, 11) is 1.88. The van der Waals surface area contributed by atoms with E-state index in [1.807, 2.05) is 29.9 Å². The Bertz CT molecular complexity index is 1000. The number of benzene rings is 2. The van der Waals surface area contributed by atoms with Crippen LogP contribution < -0.4 is 0 Å². The van der Waals surface area contributed by atoms with E-state index in [1.165, 1.54) is 24.3 Å². The number of fused-ring (bicyclic) bond motifs is 1. The Hall–Kier alpha value is -2.53. The van der Waals surface area contributed by atoms with Crippen LogP contribution in [0.1, 0.15) is 41.6 Å². The molecule has 0 saturated carbocycles. The quantitative estimate of drug-likeness (QED) is 0.526. The van der Waals surface area contributed by atoms with Gasteiger partial charge in [-0.3, -0.25) is 9.69 Å². The number of carbonyl (C=O) groups is 1. The summed E-state index contributed by atoms with van der Waals surface area (Å²) in [6.45, 7) is 2.83. The van der Waals surface area contributed by atoms with Crippen molar-refractivity contribution in [2.45, 2.75) is 32.2 Å². The monoisotopic (exact) mass is 396 g/mol. The van der Waals surface area contributed by atoms with Gasteiger partial charge in [0.05, 0.1) is 0 Å². The van der Waals surface area contributed by atoms with E-state index in [-0.39, 0.29) is 17.4 Å². The fourth-order valence-electron chi connectivity index (χ4n) is 4.34. The van der Waals surface area contributed by atoms with Gasteiger partial charge in [0.15, 0.2) is 5.78 Å². The normalized spacial score (nSPS) is 15.8. The van der Waals surface area contributed by atoms with Crippen LogP contribution in [0.3, 0.4) is 0 Å². The fraction of sp³-hybridized carbons (Fsp3) is 0.375. The molecule has 4 rings (SSSR count). The smallest absolute Gasteiger partial charge is 0.165 e. The number of aryl methyl sites for hydroxylation is 1. The molecule has 1 fully saturated rings. The standard InChI is InChI=1S/C24H26F2N2O/c1-27-16-22(21-14-20(26)7-8-23(21)27)24(29)9-4-17-10-12-28(13-11-17)15-18-2-5-19(25)6-3-18/h2-3,5-8,14,16-17H,4,9-13,15H2,1H3. The summed E-state index contributed by atoms with van der Waals surface area (Å²) in [6, 6.07) is 11.3. The summed E-state index contributed by atoms with van der Waals surface area (Å²) in [6.07, 6.45) is 5.32. The summed E-state index contributed by atoms with van der Waals surface area (Å²) in [5, 5.41) is 0.701. The molecule has 0 unspecified atom stereocenters. The molecule has 2 aromatic carbocycles. The average Bonchev–Trinajstić information content (AvgIpc) is 3.05. The molecule has 0 atom stereocenters. The van der Waals surface area contributed by atoms with Gasteiger partial charge in [-0.2, -0.15) is 0 Å². The summed E-state index contributed by atoms with van der Waals surface area (Å²) < 4.78 is 28.6. The van der Waals surface area contributed by atoms with Crippen LogP contribution in [0.4, 0.5) is 8.78 Å². The van der Waals surface area contributed by atoms with Gasteiger partial charge in [0.25, 0.3) is 0 Å². The molecule has 1 aromatic heterocycles. The Balaban J connectivity index is 1.30. The zero-order chi connectivity index (χ0) is 20.4. The van der Waals surface area contributed by atoms with Crippen LogP contribution in [-0.2, 0) is 13.6 Å². The highest BCUT2D eigenvalue weighted by Gasteiger charge is 2.21. The fourth-order valence-corrected chi connectivity index (χ4v) is 4.34. The van der Waals surface area contributed by atoms with Gasteiger partial charge in [0.1, 0.15) is 11.6 Å². The second-order valence-corrected chi connectivity index (χ2v) is 8.12. The van der Waals surface area contributed by atoms with E-state index in [2.05, 4.69) is 4.90 Å². The second kappa shape index (κ2) is 8.46. The number of carbonyl (C=O) groups excluding carboxylic acids is 1. The Morgan fingerprint density at radius 2 is 1.72 bits per heavy atom. The maximum absolute atomic E-state index is 13.6. The van der Waals surface area contributed by atoms with Gasteiger partial charge in [0, 0.05) is 42.7 Å². The Morgan fingerprint density at radius 3 is 2.45 bits per heavy atom. The lowest BCUT2D eigenvalue weighted by Crippen LogP contribution is -2.33. The van der Waals surface area contributed by atoms with Crippen LogP contribution in [0.15, 0.2) is 48.7 Å². The number of Topliss-reactive ketones (excluding diaryl/α,β-unsaturated/α-hetero) is 1. The van der Waals surface area contributed by atoms with E-state index in [0.717, 1.165) is 50.0 Å². The minimum Gasteiger partial charge on any atom is -0.350 e. The molecule has 0 bridgehead atoms. The van der Waals surface area contributed by atoms with E-state index in [4.69, 9.17) is 0 Å². The van der Waals surface area contributed by atoms with Crippen LogP contribution in [0, 0.1) is 17.6 Å². The minimum absolute atomic E-state index is 0.0925. The van der Waals surface area contributed by atoms with Crippen molar-refractivity contribution in [3.05, 3.63) is 71.4 Å². The first-order valence-corrected chi connectivity index (χ1v) is 10.2. The molecule has 1 saturated heterocycles. The molecule has 2 heterocycles. The summed E-state index contributed by atoms with van der Waals surface area (Å²) in [5.41, 5.74) is 2.63. The number of likely N-dealkylation sites (tertiary alicyclic amines) is 1. The van der Waals surface area contributed by atoms with Crippen LogP contribution in [0.5, 0.6) is 0 Å². The molecule has 29 heavy (non-hydrogen) atoms. The van der Waals surface area contributed by atoms with Crippen molar-refractivity contribution in [1.82, 2.24) is 9.47 Å². The highest BCUT2D eigenvalue weighted by Crippen LogP contribution is 2.27. The summed E-state index contributed by atoms with van der Waals surface area (Å²) >= 11 is 0. The highest BCUT2D eigenvalue weighted by atomic mass is 19.1. The van der Waals surface area contributed by atoms with Crippen LogP contribution in [-0.4, -0.2) is 28.3 Å². The third kappa shape index (κ3) is 4.56. The van der Waals surface area contributed by atoms with Gasteiger partial charge in [-0.1, -0.05) is 12.1 Å². The zero-order valence-electron chi connectivity index (χ0n) is 16.7. The number of rotatable bonds is 6. The lowest BCUT2D eigenvalue weighted by molar-refractivity contribution is 0.0963. The van der Waals surface area contributed by atoms with Gasteiger partial charge in [-0.05, 0) is 74.2 Å². The van der Waals surface area contributed by atoms with Crippen LogP contribution in [0.2, 0.25) is 0 Å². The molecule has 1 aliphatic rings. The number of hydrogen-bond donors (Lipinski definition) is 0. The number of halogens is 2. The first-order valence-electron chi connectivity index (χ1n) is 10.2. The lowest BCUT2D eigenvalue weighted by Gasteiger charge is -2.32. The van der Waals surface area contributed by atoms with Gasteiger partial charge in [-0.25, -0.2) is 8.78 Å². The lowest BCUT2D eigenvalue weighted by atomic mass is 9.90. The van der Waals surface area contributed by atoms with Crippen LogP contribution in [0.25, 0.3) is 10.9 Å². The predicted molar refractivity (Wildman–Crippen MR) is 111 cm³/mol. The van der Waals surface area contributed by atoms with Gasteiger partial charge in [0.2, 0.25) is 0 Å². The van der Waals surface area contributed by atoms with Gasteiger partial charge in [-0.15, -0.1) is 0 Å². The first-order chi connectivity index (χ1) is 14.0. The SMILES string of the molecule is Cn1cc(C(=O)CCC2CCN(Cc3ccc(F)cc3)CC2)c2cc(F)ccc21. The van der Waals surface area contributed by atoms with Crippen molar-refractivity contribution in [1.29, 1.82) is 0 Å².